The third kappa shape index (κ3) is 3.41. The molecule has 4 nitrogen and oxygen atoms in total. The van der Waals surface area contributed by atoms with E-state index in [4.69, 9.17) is 0 Å². The summed E-state index contributed by atoms with van der Waals surface area (Å²) in [6, 6.07) is 14.1. The van der Waals surface area contributed by atoms with E-state index in [1.54, 1.807) is 36.4 Å². The fourth-order valence-corrected chi connectivity index (χ4v) is 2.19. The lowest BCUT2D eigenvalue weighted by Gasteiger charge is -2.04. The summed E-state index contributed by atoms with van der Waals surface area (Å²) >= 11 is 0. The van der Waals surface area contributed by atoms with Gasteiger partial charge in [-0.2, -0.15) is 0 Å². The summed E-state index contributed by atoms with van der Waals surface area (Å²) in [7, 11) is 0. The van der Waals surface area contributed by atoms with Crippen molar-refractivity contribution in [3.8, 4) is 22.9 Å². The van der Waals surface area contributed by atoms with E-state index in [0.29, 0.717) is 5.82 Å². The number of benzene rings is 2. The minimum absolute atomic E-state index is 0.231. The van der Waals surface area contributed by atoms with Gasteiger partial charge in [0.15, 0.2) is 5.82 Å². The molecule has 0 aliphatic carbocycles. The van der Waals surface area contributed by atoms with Crippen LogP contribution in [0.15, 0.2) is 60.9 Å². The first-order chi connectivity index (χ1) is 10.7. The highest BCUT2D eigenvalue weighted by Gasteiger charge is 2.02. The molecule has 0 radical (unpaired) electrons. The summed E-state index contributed by atoms with van der Waals surface area (Å²) in [6.07, 6.45) is 5.38. The molecule has 2 aromatic carbocycles. The maximum absolute atomic E-state index is 9.29. The molecular weight excluding hydrogens is 276 g/mol. The highest BCUT2D eigenvalue weighted by atomic mass is 16.3. The van der Waals surface area contributed by atoms with Crippen LogP contribution >= 0.6 is 0 Å². The molecule has 0 bridgehead atoms. The number of hydrogen-bond donors (Lipinski definition) is 2. The molecule has 0 amide bonds. The van der Waals surface area contributed by atoms with E-state index in [1.807, 2.05) is 24.5 Å². The van der Waals surface area contributed by atoms with Crippen LogP contribution in [-0.4, -0.2) is 20.2 Å². The fraction of sp³-hybridized carbons (Fsp3) is 0.111. The van der Waals surface area contributed by atoms with Crippen LogP contribution in [0, 0.1) is 0 Å². The first kappa shape index (κ1) is 14.1. The van der Waals surface area contributed by atoms with Crippen LogP contribution < -0.4 is 0 Å². The molecule has 3 rings (SSSR count). The molecule has 4 heteroatoms. The zero-order chi connectivity index (χ0) is 15.4. The van der Waals surface area contributed by atoms with Crippen molar-refractivity contribution in [1.29, 1.82) is 0 Å². The average Bonchev–Trinajstić information content (AvgIpc) is 2.56. The Labute approximate surface area is 128 Å². The van der Waals surface area contributed by atoms with Gasteiger partial charge in [0.25, 0.3) is 0 Å². The Morgan fingerprint density at radius 2 is 1.14 bits per heavy atom. The van der Waals surface area contributed by atoms with Gasteiger partial charge in [-0.15, -0.1) is 0 Å². The van der Waals surface area contributed by atoms with E-state index in [1.165, 1.54) is 5.56 Å². The van der Waals surface area contributed by atoms with Crippen molar-refractivity contribution >= 4 is 0 Å². The molecular formula is C18H16N2O2. The van der Waals surface area contributed by atoms with Gasteiger partial charge in [-0.1, -0.05) is 12.1 Å². The molecule has 1 heterocycles. The van der Waals surface area contributed by atoms with Crippen LogP contribution in [0.3, 0.4) is 0 Å². The molecule has 22 heavy (non-hydrogen) atoms. The molecule has 0 aliphatic heterocycles. The molecule has 0 saturated heterocycles. The normalized spacial score (nSPS) is 10.5. The third-order valence-electron chi connectivity index (χ3n) is 3.47. The van der Waals surface area contributed by atoms with Crippen LogP contribution in [-0.2, 0) is 12.8 Å². The summed E-state index contributed by atoms with van der Waals surface area (Å²) in [5.74, 6) is 1.16. The number of phenolic OH excluding ortho intramolecular Hbond substituents is 2. The third-order valence-corrected chi connectivity index (χ3v) is 3.47. The molecule has 0 saturated carbocycles. The van der Waals surface area contributed by atoms with Gasteiger partial charge in [-0.25, -0.2) is 9.97 Å². The smallest absolute Gasteiger partial charge is 0.159 e. The topological polar surface area (TPSA) is 66.2 Å². The van der Waals surface area contributed by atoms with Crippen LogP contribution in [0.1, 0.15) is 11.1 Å². The lowest BCUT2D eigenvalue weighted by Crippen LogP contribution is -1.95. The lowest BCUT2D eigenvalue weighted by molar-refractivity contribution is 0.474. The van der Waals surface area contributed by atoms with Crippen molar-refractivity contribution in [2.24, 2.45) is 0 Å². The molecule has 0 unspecified atom stereocenters. The number of aryl methyl sites for hydroxylation is 2. The number of aromatic hydroxyl groups is 2. The van der Waals surface area contributed by atoms with Crippen molar-refractivity contribution in [3.05, 3.63) is 72.1 Å². The number of aromatic nitrogens is 2. The van der Waals surface area contributed by atoms with E-state index in [-0.39, 0.29) is 11.5 Å². The van der Waals surface area contributed by atoms with Gasteiger partial charge >= 0.3 is 0 Å². The Kier molecular flexibility index (Phi) is 4.01. The molecule has 0 aliphatic rings. The van der Waals surface area contributed by atoms with E-state index < -0.39 is 0 Å². The summed E-state index contributed by atoms with van der Waals surface area (Å²) in [4.78, 5) is 8.74. The van der Waals surface area contributed by atoms with Crippen LogP contribution in [0.5, 0.6) is 11.5 Å². The van der Waals surface area contributed by atoms with Gasteiger partial charge in [0.05, 0.1) is 0 Å². The predicted octanol–water partition coefficient (Wildman–Crippen LogP) is 3.34. The molecule has 110 valence electrons. The van der Waals surface area contributed by atoms with Crippen molar-refractivity contribution in [1.82, 2.24) is 9.97 Å². The van der Waals surface area contributed by atoms with Crippen LogP contribution in [0.25, 0.3) is 11.4 Å². The summed E-state index contributed by atoms with van der Waals surface area (Å²) in [6.45, 7) is 0. The lowest BCUT2D eigenvalue weighted by atomic mass is 10.1. The summed E-state index contributed by atoms with van der Waals surface area (Å²) < 4.78 is 0. The van der Waals surface area contributed by atoms with E-state index in [9.17, 15) is 10.2 Å². The molecule has 0 fully saturated rings. The van der Waals surface area contributed by atoms with Gasteiger partial charge in [-0.3, -0.25) is 0 Å². The fourth-order valence-electron chi connectivity index (χ4n) is 2.19. The molecule has 0 spiro atoms. The molecule has 1 aromatic heterocycles. The first-order valence-corrected chi connectivity index (χ1v) is 7.09. The first-order valence-electron chi connectivity index (χ1n) is 7.09. The molecule has 0 atom stereocenters. The Hall–Kier alpha value is -2.88. The van der Waals surface area contributed by atoms with Crippen molar-refractivity contribution in [3.63, 3.8) is 0 Å². The Balaban J connectivity index is 1.66. The Morgan fingerprint density at radius 1 is 0.636 bits per heavy atom. The predicted molar refractivity (Wildman–Crippen MR) is 84.6 cm³/mol. The molecule has 3 aromatic rings. The van der Waals surface area contributed by atoms with E-state index in [2.05, 4.69) is 9.97 Å². The van der Waals surface area contributed by atoms with Crippen molar-refractivity contribution < 1.29 is 10.2 Å². The van der Waals surface area contributed by atoms with Gasteiger partial charge in [-0.05, 0) is 60.4 Å². The molecule has 2 N–H and O–H groups in total. The second-order valence-corrected chi connectivity index (χ2v) is 5.13. The Morgan fingerprint density at radius 3 is 1.73 bits per heavy atom. The van der Waals surface area contributed by atoms with E-state index >= 15 is 0 Å². The number of hydrogen-bond acceptors (Lipinski definition) is 4. The van der Waals surface area contributed by atoms with Gasteiger partial charge in [0, 0.05) is 18.0 Å². The van der Waals surface area contributed by atoms with Crippen molar-refractivity contribution in [2.75, 3.05) is 0 Å². The minimum Gasteiger partial charge on any atom is -0.508 e. The summed E-state index contributed by atoms with van der Waals surface area (Å²) in [5, 5.41) is 18.5. The van der Waals surface area contributed by atoms with E-state index in [0.717, 1.165) is 24.0 Å². The standard InChI is InChI=1S/C18H16N2O2/c21-16-7-3-13(4-8-16)1-2-14-11-19-18(20-12-14)15-5-9-17(22)10-6-15/h3-12,21-22H,1-2H2. The maximum Gasteiger partial charge on any atom is 0.159 e. The van der Waals surface area contributed by atoms with Gasteiger partial charge in [0.1, 0.15) is 11.5 Å². The SMILES string of the molecule is Oc1ccc(CCc2cnc(-c3ccc(O)cc3)nc2)cc1. The maximum atomic E-state index is 9.29. The zero-order valence-electron chi connectivity index (χ0n) is 12.0. The second kappa shape index (κ2) is 6.26. The number of nitrogens with zero attached hydrogens (tertiary/aromatic N) is 2. The van der Waals surface area contributed by atoms with Crippen LogP contribution in [0.4, 0.5) is 0 Å². The monoisotopic (exact) mass is 292 g/mol. The van der Waals surface area contributed by atoms with Gasteiger partial charge in [0.2, 0.25) is 0 Å². The highest BCUT2D eigenvalue weighted by Crippen LogP contribution is 2.18. The summed E-state index contributed by atoms with van der Waals surface area (Å²) in [5.41, 5.74) is 3.11. The average molecular weight is 292 g/mol. The number of phenols is 2. The largest absolute Gasteiger partial charge is 0.508 e. The van der Waals surface area contributed by atoms with Crippen molar-refractivity contribution in [2.45, 2.75) is 12.8 Å². The zero-order valence-corrected chi connectivity index (χ0v) is 12.0. The quantitative estimate of drug-likeness (QED) is 0.774. The minimum atomic E-state index is 0.231. The number of rotatable bonds is 4. The van der Waals surface area contributed by atoms with Gasteiger partial charge < -0.3 is 10.2 Å². The highest BCUT2D eigenvalue weighted by molar-refractivity contribution is 5.55. The Bertz CT molecular complexity index is 736. The van der Waals surface area contributed by atoms with Crippen LogP contribution in [0.2, 0.25) is 0 Å². The second-order valence-electron chi connectivity index (χ2n) is 5.13.